The van der Waals surface area contributed by atoms with Gasteiger partial charge in [-0.2, -0.15) is 0 Å². The molecule has 2 saturated heterocycles. The van der Waals surface area contributed by atoms with Crippen molar-refractivity contribution in [2.24, 2.45) is 40.9 Å². The van der Waals surface area contributed by atoms with Gasteiger partial charge in [-0.3, -0.25) is 19.2 Å². The Balaban J connectivity index is 1.50. The Bertz CT molecular complexity index is 695. The van der Waals surface area contributed by atoms with Gasteiger partial charge in [0.2, 0.25) is 0 Å². The number of fused-ring (bicyclic) bond motifs is 3. The normalized spacial score (nSPS) is 49.2. The van der Waals surface area contributed by atoms with Crippen LogP contribution in [0.25, 0.3) is 0 Å². The van der Waals surface area contributed by atoms with Gasteiger partial charge in [-0.05, 0) is 17.8 Å². The third-order valence-electron chi connectivity index (χ3n) is 5.81. The Morgan fingerprint density at radius 2 is 1.57 bits per heavy atom. The van der Waals surface area contributed by atoms with Crippen LogP contribution in [-0.2, 0) is 28.7 Å². The van der Waals surface area contributed by atoms with E-state index in [0.717, 1.165) is 0 Å². The first-order valence-corrected chi connectivity index (χ1v) is 7.06. The molecule has 6 atom stereocenters. The Kier molecular flexibility index (Phi) is 1.74. The smallest absolute Gasteiger partial charge is 0.318 e. The molecule has 0 radical (unpaired) electrons. The van der Waals surface area contributed by atoms with Gasteiger partial charge in [0.25, 0.3) is 0 Å². The highest BCUT2D eigenvalue weighted by Crippen LogP contribution is 2.80. The first kappa shape index (κ1) is 11.5. The molecule has 1 spiro atoms. The van der Waals surface area contributed by atoms with Crippen LogP contribution >= 0.6 is 0 Å². The molecule has 0 aromatic carbocycles. The first-order valence-electron chi connectivity index (χ1n) is 7.06. The van der Waals surface area contributed by atoms with Crippen molar-refractivity contribution in [3.63, 3.8) is 0 Å². The van der Waals surface area contributed by atoms with Crippen LogP contribution in [0.1, 0.15) is 12.8 Å². The number of hydrogen-bond donors (Lipinski definition) is 0. The molecule has 5 aliphatic rings. The minimum absolute atomic E-state index is 0.0280. The summed E-state index contributed by atoms with van der Waals surface area (Å²) >= 11 is 0. The summed E-state index contributed by atoms with van der Waals surface area (Å²) in [7, 11) is 0. The molecule has 2 saturated carbocycles. The van der Waals surface area contributed by atoms with Gasteiger partial charge in [-0.25, -0.2) is 0 Å². The fourth-order valence-electron chi connectivity index (χ4n) is 5.16. The summed E-state index contributed by atoms with van der Waals surface area (Å²) in [5.74, 6) is 2.98. The molecule has 2 heterocycles. The Morgan fingerprint density at radius 3 is 2.19 bits per heavy atom. The average molecular weight is 286 g/mol. The topological polar surface area (TPSA) is 86.7 Å². The monoisotopic (exact) mass is 286 g/mol. The molecule has 0 amide bonds. The number of esters is 4. The molecule has 0 bridgehead atoms. The second-order valence-electron chi connectivity index (χ2n) is 6.54. The van der Waals surface area contributed by atoms with E-state index in [-0.39, 0.29) is 41.9 Å². The maximum absolute atomic E-state index is 11.9. The van der Waals surface area contributed by atoms with Crippen molar-refractivity contribution in [2.45, 2.75) is 12.8 Å². The van der Waals surface area contributed by atoms with Gasteiger partial charge >= 0.3 is 23.9 Å². The maximum Gasteiger partial charge on any atom is 0.318 e. The molecule has 0 aromatic heterocycles. The zero-order valence-electron chi connectivity index (χ0n) is 10.8. The predicted octanol–water partition coefficient (Wildman–Crippen LogP) is -0.339. The van der Waals surface area contributed by atoms with Crippen molar-refractivity contribution < 1.29 is 28.7 Å². The fourth-order valence-corrected chi connectivity index (χ4v) is 5.16. The Morgan fingerprint density at radius 1 is 0.905 bits per heavy atom. The van der Waals surface area contributed by atoms with Gasteiger partial charge in [-0.1, -0.05) is 11.8 Å². The van der Waals surface area contributed by atoms with Crippen LogP contribution in [0.15, 0.2) is 0 Å². The summed E-state index contributed by atoms with van der Waals surface area (Å²) in [5.41, 5.74) is -0.340. The molecule has 0 N–H and O–H groups in total. The van der Waals surface area contributed by atoms with E-state index in [4.69, 9.17) is 4.74 Å². The number of hydrogen-bond acceptors (Lipinski definition) is 6. The number of carbonyl (C=O) groups is 4. The Hall–Kier alpha value is -2.16. The summed E-state index contributed by atoms with van der Waals surface area (Å²) in [6.45, 7) is 0. The molecule has 6 heteroatoms. The quantitative estimate of drug-likeness (QED) is 0.372. The van der Waals surface area contributed by atoms with Gasteiger partial charge in [0.1, 0.15) is 0 Å². The van der Waals surface area contributed by atoms with Gasteiger partial charge < -0.3 is 9.47 Å². The molecular formula is C15H10O6. The standard InChI is InChI=1S/C15H10O6/c16-7-3-5(4-8(17)20-7)11-12-10-9(13(18)21-14(10)19)6-1-2-15(6,11)12/h5-6,9-12H,3-4H2. The van der Waals surface area contributed by atoms with E-state index in [2.05, 4.69) is 16.6 Å². The lowest BCUT2D eigenvalue weighted by Gasteiger charge is -2.30. The highest BCUT2D eigenvalue weighted by atomic mass is 16.6. The molecular weight excluding hydrogens is 276 g/mol. The lowest BCUT2D eigenvalue weighted by atomic mass is 9.70. The zero-order chi connectivity index (χ0) is 14.5. The van der Waals surface area contributed by atoms with Gasteiger partial charge in [0.15, 0.2) is 0 Å². The third kappa shape index (κ3) is 1.10. The van der Waals surface area contributed by atoms with Crippen LogP contribution in [0.3, 0.4) is 0 Å². The minimum Gasteiger partial charge on any atom is -0.393 e. The van der Waals surface area contributed by atoms with E-state index in [0.29, 0.717) is 0 Å². The molecule has 3 aliphatic carbocycles. The average Bonchev–Trinajstić information content (AvgIpc) is 2.93. The molecule has 0 aromatic rings. The van der Waals surface area contributed by atoms with Crippen LogP contribution < -0.4 is 0 Å². The van der Waals surface area contributed by atoms with E-state index in [1.165, 1.54) is 0 Å². The number of rotatable bonds is 1. The van der Waals surface area contributed by atoms with E-state index in [9.17, 15) is 19.2 Å². The summed E-state index contributed by atoms with van der Waals surface area (Å²) in [6, 6.07) is 0. The van der Waals surface area contributed by atoms with Crippen molar-refractivity contribution in [1.29, 1.82) is 0 Å². The number of carbonyl (C=O) groups excluding carboxylic acids is 4. The van der Waals surface area contributed by atoms with Crippen LogP contribution in [-0.4, -0.2) is 23.9 Å². The highest BCUT2D eigenvalue weighted by molar-refractivity contribution is 5.99. The fraction of sp³-hybridized carbons (Fsp3) is 0.600. The van der Waals surface area contributed by atoms with Crippen molar-refractivity contribution >= 4 is 23.9 Å². The van der Waals surface area contributed by atoms with E-state index in [1.54, 1.807) is 0 Å². The largest absolute Gasteiger partial charge is 0.393 e. The second-order valence-corrected chi connectivity index (χ2v) is 6.54. The molecule has 5 rings (SSSR count). The number of ether oxygens (including phenoxy) is 2. The highest BCUT2D eigenvalue weighted by Gasteiger charge is 2.85. The summed E-state index contributed by atoms with van der Waals surface area (Å²) < 4.78 is 9.31. The van der Waals surface area contributed by atoms with Crippen molar-refractivity contribution in [3.8, 4) is 11.8 Å². The lowest BCUT2D eigenvalue weighted by Crippen LogP contribution is -2.36. The maximum atomic E-state index is 11.9. The van der Waals surface area contributed by atoms with Crippen LogP contribution in [0.4, 0.5) is 0 Å². The van der Waals surface area contributed by atoms with Gasteiger partial charge in [0, 0.05) is 12.8 Å². The van der Waals surface area contributed by atoms with Crippen molar-refractivity contribution in [3.05, 3.63) is 0 Å². The second kappa shape index (κ2) is 3.19. The molecule has 4 fully saturated rings. The summed E-state index contributed by atoms with van der Waals surface area (Å²) in [5, 5.41) is 0. The minimum atomic E-state index is -0.511. The first-order chi connectivity index (χ1) is 10.0. The van der Waals surface area contributed by atoms with Crippen LogP contribution in [0.2, 0.25) is 0 Å². The lowest BCUT2D eigenvalue weighted by molar-refractivity contribution is -0.166. The molecule has 6 nitrogen and oxygen atoms in total. The SMILES string of the molecule is O=C1CC(C2C3C4C(=O)OC(=O)C4C4C#CC423)CC(=O)O1. The van der Waals surface area contributed by atoms with E-state index < -0.39 is 35.7 Å². The molecule has 6 unspecified atom stereocenters. The van der Waals surface area contributed by atoms with Crippen molar-refractivity contribution in [1.82, 2.24) is 0 Å². The van der Waals surface area contributed by atoms with Crippen molar-refractivity contribution in [2.75, 3.05) is 0 Å². The van der Waals surface area contributed by atoms with E-state index >= 15 is 0 Å². The summed E-state index contributed by atoms with van der Waals surface area (Å²) in [4.78, 5) is 46.6. The van der Waals surface area contributed by atoms with Crippen LogP contribution in [0, 0.1) is 52.8 Å². The predicted molar refractivity (Wildman–Crippen MR) is 62.6 cm³/mol. The summed E-state index contributed by atoms with van der Waals surface area (Å²) in [6.07, 6.45) is 0.368. The molecule has 2 aliphatic heterocycles. The zero-order valence-corrected chi connectivity index (χ0v) is 10.8. The third-order valence-corrected chi connectivity index (χ3v) is 5.81. The molecule has 21 heavy (non-hydrogen) atoms. The Labute approximate surface area is 119 Å². The van der Waals surface area contributed by atoms with Crippen LogP contribution in [0.5, 0.6) is 0 Å². The molecule has 106 valence electrons. The van der Waals surface area contributed by atoms with Gasteiger partial charge in [-0.15, -0.1) is 0 Å². The van der Waals surface area contributed by atoms with Gasteiger partial charge in [0.05, 0.1) is 23.2 Å². The number of cyclic esters (lactones) is 4. The van der Waals surface area contributed by atoms with E-state index in [1.807, 2.05) is 0 Å².